The Balaban J connectivity index is 0.000000191. The van der Waals surface area contributed by atoms with E-state index in [9.17, 15) is 9.59 Å². The van der Waals surface area contributed by atoms with Crippen LogP contribution >= 0.6 is 23.2 Å². The molecule has 6 N–H and O–H groups in total. The van der Waals surface area contributed by atoms with Gasteiger partial charge in [-0.25, -0.2) is 9.97 Å². The van der Waals surface area contributed by atoms with E-state index in [0.717, 1.165) is 90.7 Å². The van der Waals surface area contributed by atoms with E-state index >= 15 is 0 Å². The molecule has 0 saturated carbocycles. The zero-order chi connectivity index (χ0) is 44.7. The van der Waals surface area contributed by atoms with Gasteiger partial charge in [0, 0.05) is 69.4 Å². The molecule has 0 radical (unpaired) electrons. The summed E-state index contributed by atoms with van der Waals surface area (Å²) in [5.74, 6) is 1.42. The fourth-order valence-electron chi connectivity index (χ4n) is 7.01. The Labute approximate surface area is 383 Å². The molecule has 2 aromatic heterocycles. The molecule has 8 aromatic rings. The highest BCUT2D eigenvalue weighted by atomic mass is 35.5. The molecule has 2 amide bonds. The monoisotopic (exact) mass is 888 g/mol. The number of anilines is 2. The zero-order valence-corrected chi connectivity index (χ0v) is 37.1. The van der Waals surface area contributed by atoms with Crippen LogP contribution in [0.3, 0.4) is 0 Å². The molecule has 0 aliphatic heterocycles. The first-order chi connectivity index (χ1) is 31.2. The molecular formula is C52H50Cl2N8O2. The van der Waals surface area contributed by atoms with Crippen LogP contribution in [-0.2, 0) is 22.4 Å². The molecule has 10 nitrogen and oxygen atoms in total. The summed E-state index contributed by atoms with van der Waals surface area (Å²) in [6, 6.07) is 49.4. The second kappa shape index (κ2) is 22.5. The van der Waals surface area contributed by atoms with Crippen LogP contribution in [0.1, 0.15) is 45.7 Å². The van der Waals surface area contributed by atoms with Gasteiger partial charge in [-0.3, -0.25) is 9.59 Å². The lowest BCUT2D eigenvalue weighted by molar-refractivity contribution is -0.119. The number of benzene rings is 6. The number of hydrogen-bond acceptors (Lipinski definition) is 6. The van der Waals surface area contributed by atoms with Crippen LogP contribution in [0.25, 0.3) is 22.8 Å². The maximum Gasteiger partial charge on any atom is 0.246 e. The van der Waals surface area contributed by atoms with Gasteiger partial charge in [0.2, 0.25) is 11.8 Å². The molecule has 6 aromatic carbocycles. The number of rotatable bonds is 16. The van der Waals surface area contributed by atoms with E-state index in [2.05, 4.69) is 41.2 Å². The van der Waals surface area contributed by atoms with Gasteiger partial charge in [0.1, 0.15) is 23.7 Å². The highest BCUT2D eigenvalue weighted by Gasteiger charge is 2.21. The van der Waals surface area contributed by atoms with E-state index < -0.39 is 12.1 Å². The average molecular weight is 890 g/mol. The topological polar surface area (TPSA) is 140 Å². The standard InChI is InChI=1S/2C26H25ClN4O/c2*1-18-17-29-25(30-18)21-9-13-23(14-10-21)31-26(32)24(20-5-3-2-4-6-20)28-16-15-19-7-11-22(27)12-8-19/h2*2-14,17,24,28H,15-16H2,1H3,(H,29,30)(H,31,32)/t2*24-/m10/s1. The number of imidazole rings is 2. The van der Waals surface area contributed by atoms with Crippen LogP contribution in [0.4, 0.5) is 11.4 Å². The molecule has 0 aliphatic carbocycles. The smallest absolute Gasteiger partial charge is 0.246 e. The van der Waals surface area contributed by atoms with E-state index in [-0.39, 0.29) is 11.8 Å². The number of nitrogens with one attached hydrogen (secondary N) is 6. The van der Waals surface area contributed by atoms with Crippen molar-refractivity contribution in [2.75, 3.05) is 23.7 Å². The van der Waals surface area contributed by atoms with Gasteiger partial charge < -0.3 is 31.2 Å². The van der Waals surface area contributed by atoms with Crippen molar-refractivity contribution in [3.63, 3.8) is 0 Å². The van der Waals surface area contributed by atoms with Crippen molar-refractivity contribution in [2.45, 2.75) is 38.8 Å². The predicted molar refractivity (Wildman–Crippen MR) is 259 cm³/mol. The Kier molecular flexibility index (Phi) is 15.9. The first-order valence-corrected chi connectivity index (χ1v) is 21.8. The first-order valence-electron chi connectivity index (χ1n) is 21.1. The van der Waals surface area contributed by atoms with Gasteiger partial charge in [-0.05, 0) is 122 Å². The number of H-pyrrole nitrogens is 2. The summed E-state index contributed by atoms with van der Waals surface area (Å²) in [6.45, 7) is 5.25. The molecule has 12 heteroatoms. The third-order valence-electron chi connectivity index (χ3n) is 10.4. The summed E-state index contributed by atoms with van der Waals surface area (Å²) in [4.78, 5) is 41.4. The minimum atomic E-state index is -0.462. The summed E-state index contributed by atoms with van der Waals surface area (Å²) in [7, 11) is 0. The zero-order valence-electron chi connectivity index (χ0n) is 35.6. The number of halogens is 2. The molecule has 0 bridgehead atoms. The van der Waals surface area contributed by atoms with E-state index in [0.29, 0.717) is 13.1 Å². The van der Waals surface area contributed by atoms with E-state index in [1.807, 2.05) is 172 Å². The van der Waals surface area contributed by atoms with Crippen molar-refractivity contribution >= 4 is 46.4 Å². The number of hydrogen-bond donors (Lipinski definition) is 6. The number of nitrogens with zero attached hydrogens (tertiary/aromatic N) is 2. The van der Waals surface area contributed by atoms with Gasteiger partial charge in [0.25, 0.3) is 0 Å². The highest BCUT2D eigenvalue weighted by Crippen LogP contribution is 2.23. The molecule has 324 valence electrons. The maximum atomic E-state index is 13.1. The van der Waals surface area contributed by atoms with Crippen molar-refractivity contribution in [2.24, 2.45) is 0 Å². The van der Waals surface area contributed by atoms with Crippen molar-refractivity contribution in [1.82, 2.24) is 30.6 Å². The Morgan fingerprint density at radius 2 is 0.859 bits per heavy atom. The third kappa shape index (κ3) is 13.1. The predicted octanol–water partition coefficient (Wildman–Crippen LogP) is 11.1. The number of carbonyl (C=O) groups is 2. The van der Waals surface area contributed by atoms with Crippen LogP contribution in [0.5, 0.6) is 0 Å². The summed E-state index contributed by atoms with van der Waals surface area (Å²) in [5.41, 5.74) is 9.60. The Bertz CT molecular complexity index is 2500. The lowest BCUT2D eigenvalue weighted by Crippen LogP contribution is -2.34. The molecule has 0 spiro atoms. The number of carbonyl (C=O) groups excluding carboxylic acids is 2. The van der Waals surface area contributed by atoms with Crippen molar-refractivity contribution in [3.05, 3.63) is 214 Å². The van der Waals surface area contributed by atoms with E-state index in [4.69, 9.17) is 23.2 Å². The fraction of sp³-hybridized carbons (Fsp3) is 0.154. The van der Waals surface area contributed by atoms with Gasteiger partial charge in [-0.1, -0.05) is 108 Å². The van der Waals surface area contributed by atoms with Crippen molar-refractivity contribution in [3.8, 4) is 22.8 Å². The van der Waals surface area contributed by atoms with Crippen LogP contribution in [-0.4, -0.2) is 44.8 Å². The second-order valence-corrected chi connectivity index (χ2v) is 16.2. The van der Waals surface area contributed by atoms with Crippen molar-refractivity contribution < 1.29 is 9.59 Å². The van der Waals surface area contributed by atoms with Crippen LogP contribution in [0.2, 0.25) is 10.0 Å². The normalized spacial score (nSPS) is 11.8. The summed E-state index contributed by atoms with van der Waals surface area (Å²) < 4.78 is 0. The molecular weight excluding hydrogens is 840 g/mol. The lowest BCUT2D eigenvalue weighted by Gasteiger charge is -2.19. The molecule has 8 rings (SSSR count). The van der Waals surface area contributed by atoms with Gasteiger partial charge in [-0.2, -0.15) is 0 Å². The highest BCUT2D eigenvalue weighted by molar-refractivity contribution is 6.30. The van der Waals surface area contributed by atoms with Crippen molar-refractivity contribution in [1.29, 1.82) is 0 Å². The molecule has 2 heterocycles. The number of aromatic nitrogens is 4. The summed E-state index contributed by atoms with van der Waals surface area (Å²) in [5, 5.41) is 14.3. The SMILES string of the molecule is Cc1cnc(-c2ccc(NC(=O)[C@@H](NCCc3ccc(Cl)cc3)c3ccccc3)cc2)[nH]1.Cc1cnc(-c2ccc(NC(=O)[C@H](NCCc3ccc(Cl)cc3)c3ccccc3)cc2)[nH]1. The molecule has 2 atom stereocenters. The summed E-state index contributed by atoms with van der Waals surface area (Å²) in [6.07, 6.45) is 5.19. The number of aromatic amines is 2. The average Bonchev–Trinajstić information content (AvgIpc) is 3.97. The van der Waals surface area contributed by atoms with Gasteiger partial charge in [-0.15, -0.1) is 0 Å². The first kappa shape index (κ1) is 45.2. The molecule has 0 fully saturated rings. The Hall–Kier alpha value is -6.82. The minimum Gasteiger partial charge on any atom is -0.342 e. The van der Waals surface area contributed by atoms with E-state index in [1.165, 1.54) is 0 Å². The molecule has 64 heavy (non-hydrogen) atoms. The Morgan fingerprint density at radius 1 is 0.500 bits per heavy atom. The number of aryl methyl sites for hydroxylation is 2. The quantitative estimate of drug-likeness (QED) is 0.0571. The fourth-order valence-corrected chi connectivity index (χ4v) is 7.26. The van der Waals surface area contributed by atoms with Crippen LogP contribution in [0, 0.1) is 13.8 Å². The van der Waals surface area contributed by atoms with Crippen LogP contribution in [0.15, 0.2) is 170 Å². The van der Waals surface area contributed by atoms with Crippen LogP contribution < -0.4 is 21.3 Å². The van der Waals surface area contributed by atoms with Gasteiger partial charge in [0.05, 0.1) is 0 Å². The minimum absolute atomic E-state index is 0.103. The van der Waals surface area contributed by atoms with E-state index in [1.54, 1.807) is 12.4 Å². The lowest BCUT2D eigenvalue weighted by atomic mass is 10.1. The largest absolute Gasteiger partial charge is 0.342 e. The molecule has 0 unspecified atom stereocenters. The number of amides is 2. The second-order valence-electron chi connectivity index (χ2n) is 15.3. The summed E-state index contributed by atoms with van der Waals surface area (Å²) >= 11 is 11.9. The maximum absolute atomic E-state index is 13.1. The molecule has 0 aliphatic rings. The van der Waals surface area contributed by atoms with Gasteiger partial charge >= 0.3 is 0 Å². The van der Waals surface area contributed by atoms with Gasteiger partial charge in [0.15, 0.2) is 0 Å². The Morgan fingerprint density at radius 3 is 1.19 bits per heavy atom. The third-order valence-corrected chi connectivity index (χ3v) is 10.9. The molecule has 0 saturated heterocycles.